The van der Waals surface area contributed by atoms with Crippen molar-refractivity contribution < 1.29 is 14.3 Å². The predicted molar refractivity (Wildman–Crippen MR) is 92.4 cm³/mol. The van der Waals surface area contributed by atoms with Crippen LogP contribution in [0.2, 0.25) is 5.02 Å². The number of nitrogens with zero attached hydrogens (tertiary/aromatic N) is 1. The summed E-state index contributed by atoms with van der Waals surface area (Å²) in [7, 11) is 1.70. The number of rotatable bonds is 6. The highest BCUT2D eigenvalue weighted by Gasteiger charge is 2.23. The van der Waals surface area contributed by atoms with Crippen LogP contribution in [-0.2, 0) is 4.74 Å². The number of anilines is 1. The largest absolute Gasteiger partial charge is 0.492 e. The third kappa shape index (κ3) is 5.29. The van der Waals surface area contributed by atoms with E-state index in [1.165, 1.54) is 0 Å². The minimum atomic E-state index is -0.0934. The number of amides is 2. The molecule has 2 amide bonds. The monoisotopic (exact) mass is 340 g/mol. The molecule has 6 heteroatoms. The number of carbonyl (C=O) groups excluding carboxylic acids is 1. The highest BCUT2D eigenvalue weighted by atomic mass is 35.5. The number of piperidine rings is 1. The molecule has 1 aliphatic rings. The molecule has 1 aromatic carbocycles. The van der Waals surface area contributed by atoms with Crippen molar-refractivity contribution in [1.29, 1.82) is 0 Å². The van der Waals surface area contributed by atoms with Crippen molar-refractivity contribution in [2.24, 2.45) is 5.92 Å². The molecular weight excluding hydrogens is 316 g/mol. The number of carbonyl (C=O) groups is 1. The zero-order valence-corrected chi connectivity index (χ0v) is 14.6. The molecule has 1 fully saturated rings. The van der Waals surface area contributed by atoms with Gasteiger partial charge in [-0.05, 0) is 37.5 Å². The van der Waals surface area contributed by atoms with E-state index in [2.05, 4.69) is 5.32 Å². The van der Waals surface area contributed by atoms with Crippen molar-refractivity contribution in [1.82, 2.24) is 4.90 Å². The lowest BCUT2D eigenvalue weighted by molar-refractivity contribution is 0.104. The minimum Gasteiger partial charge on any atom is -0.492 e. The Morgan fingerprint density at radius 1 is 1.48 bits per heavy atom. The zero-order valence-electron chi connectivity index (χ0n) is 13.8. The van der Waals surface area contributed by atoms with Crippen LogP contribution in [0.3, 0.4) is 0 Å². The van der Waals surface area contributed by atoms with Gasteiger partial charge in [-0.25, -0.2) is 4.79 Å². The second-order valence-corrected chi connectivity index (χ2v) is 6.24. The molecule has 0 radical (unpaired) electrons. The first-order valence-electron chi connectivity index (χ1n) is 8.11. The van der Waals surface area contributed by atoms with Crippen molar-refractivity contribution in [3.63, 3.8) is 0 Å². The highest BCUT2D eigenvalue weighted by molar-refractivity contribution is 6.32. The van der Waals surface area contributed by atoms with Gasteiger partial charge in [-0.3, -0.25) is 0 Å². The third-order valence-corrected chi connectivity index (χ3v) is 4.15. The van der Waals surface area contributed by atoms with Gasteiger partial charge in [-0.1, -0.05) is 18.5 Å². The summed E-state index contributed by atoms with van der Waals surface area (Å²) in [5.41, 5.74) is 0.678. The molecule has 1 atom stereocenters. The topological polar surface area (TPSA) is 50.8 Å². The van der Waals surface area contributed by atoms with Gasteiger partial charge in [0.25, 0.3) is 0 Å². The van der Waals surface area contributed by atoms with Crippen LogP contribution in [0.5, 0.6) is 5.75 Å². The van der Waals surface area contributed by atoms with Gasteiger partial charge in [0.1, 0.15) is 5.75 Å². The van der Waals surface area contributed by atoms with Crippen molar-refractivity contribution in [2.45, 2.75) is 26.2 Å². The van der Waals surface area contributed by atoms with Crippen molar-refractivity contribution in [3.05, 3.63) is 23.2 Å². The number of likely N-dealkylation sites (tertiary alicyclic amines) is 1. The lowest BCUT2D eigenvalue weighted by Crippen LogP contribution is -2.43. The van der Waals surface area contributed by atoms with Crippen LogP contribution in [-0.4, -0.2) is 44.3 Å². The molecule has 1 saturated heterocycles. The normalized spacial score (nSPS) is 17.9. The summed E-state index contributed by atoms with van der Waals surface area (Å²) in [5.74, 6) is 1.05. The molecule has 23 heavy (non-hydrogen) atoms. The SMILES string of the molecule is CCCOc1ccc(NC(=O)N2CCCC(COC)C2)cc1Cl. The Bertz CT molecular complexity index is 523. The number of ether oxygens (including phenoxy) is 2. The lowest BCUT2D eigenvalue weighted by atomic mass is 9.99. The van der Waals surface area contributed by atoms with Crippen molar-refractivity contribution in [3.8, 4) is 5.75 Å². The first-order chi connectivity index (χ1) is 11.1. The lowest BCUT2D eigenvalue weighted by Gasteiger charge is -2.32. The standard InChI is InChI=1S/C17H25ClN2O3/c1-3-9-23-16-7-6-14(10-15(16)18)19-17(21)20-8-4-5-13(11-20)12-22-2/h6-7,10,13H,3-5,8-9,11-12H2,1-2H3,(H,19,21). The molecule has 0 aromatic heterocycles. The Morgan fingerprint density at radius 3 is 3.00 bits per heavy atom. The quantitative estimate of drug-likeness (QED) is 0.851. The van der Waals surface area contributed by atoms with Gasteiger partial charge in [-0.2, -0.15) is 0 Å². The molecule has 1 aliphatic heterocycles. The highest BCUT2D eigenvalue weighted by Crippen LogP contribution is 2.28. The molecule has 5 nitrogen and oxygen atoms in total. The molecule has 1 N–H and O–H groups in total. The Labute approximate surface area is 142 Å². The summed E-state index contributed by atoms with van der Waals surface area (Å²) in [6.07, 6.45) is 3.03. The van der Waals surface area contributed by atoms with E-state index in [-0.39, 0.29) is 6.03 Å². The second-order valence-electron chi connectivity index (χ2n) is 5.83. The minimum absolute atomic E-state index is 0.0934. The summed E-state index contributed by atoms with van der Waals surface area (Å²) in [6.45, 7) is 4.86. The van der Waals surface area contributed by atoms with Gasteiger partial charge in [-0.15, -0.1) is 0 Å². The van der Waals surface area contributed by atoms with Crippen LogP contribution in [0.25, 0.3) is 0 Å². The number of hydrogen-bond acceptors (Lipinski definition) is 3. The van der Waals surface area contributed by atoms with Crippen LogP contribution in [0.1, 0.15) is 26.2 Å². The Hall–Kier alpha value is -1.46. The van der Waals surface area contributed by atoms with E-state index in [9.17, 15) is 4.79 Å². The van der Waals surface area contributed by atoms with Crippen LogP contribution in [0, 0.1) is 5.92 Å². The smallest absolute Gasteiger partial charge is 0.321 e. The van der Waals surface area contributed by atoms with Gasteiger partial charge >= 0.3 is 6.03 Å². The Kier molecular flexibility index (Phi) is 6.99. The van der Waals surface area contributed by atoms with Crippen LogP contribution in [0.15, 0.2) is 18.2 Å². The number of urea groups is 1. The molecule has 0 aliphatic carbocycles. The van der Waals surface area contributed by atoms with E-state index >= 15 is 0 Å². The fourth-order valence-corrected chi connectivity index (χ4v) is 2.97. The second kappa shape index (κ2) is 8.99. The van der Waals surface area contributed by atoms with E-state index in [0.29, 0.717) is 35.6 Å². The van der Waals surface area contributed by atoms with Gasteiger partial charge in [0, 0.05) is 31.8 Å². The summed E-state index contributed by atoms with van der Waals surface area (Å²) >= 11 is 6.19. The molecule has 2 rings (SSSR count). The fourth-order valence-electron chi connectivity index (χ4n) is 2.73. The van der Waals surface area contributed by atoms with Crippen LogP contribution in [0.4, 0.5) is 10.5 Å². The fraction of sp³-hybridized carbons (Fsp3) is 0.588. The Morgan fingerprint density at radius 2 is 2.30 bits per heavy atom. The molecule has 1 heterocycles. The number of hydrogen-bond donors (Lipinski definition) is 1. The maximum absolute atomic E-state index is 12.4. The van der Waals surface area contributed by atoms with Crippen LogP contribution < -0.4 is 10.1 Å². The first kappa shape index (κ1) is 17.9. The molecule has 128 valence electrons. The zero-order chi connectivity index (χ0) is 16.7. The summed E-state index contributed by atoms with van der Waals surface area (Å²) < 4.78 is 10.7. The van der Waals surface area contributed by atoms with Crippen molar-refractivity contribution in [2.75, 3.05) is 38.7 Å². The predicted octanol–water partition coefficient (Wildman–Crippen LogP) is 4.02. The average Bonchev–Trinajstić information content (AvgIpc) is 2.55. The molecule has 0 bridgehead atoms. The number of benzene rings is 1. The van der Waals surface area contributed by atoms with Gasteiger partial charge < -0.3 is 19.7 Å². The molecule has 0 spiro atoms. The summed E-state index contributed by atoms with van der Waals surface area (Å²) in [4.78, 5) is 14.2. The molecule has 0 saturated carbocycles. The van der Waals surface area contributed by atoms with Gasteiger partial charge in [0.2, 0.25) is 0 Å². The Balaban J connectivity index is 1.93. The summed E-state index contributed by atoms with van der Waals surface area (Å²) in [5, 5.41) is 3.41. The van der Waals surface area contributed by atoms with Crippen molar-refractivity contribution >= 4 is 23.3 Å². The van der Waals surface area contributed by atoms with E-state index < -0.39 is 0 Å². The molecular formula is C17H25ClN2O3. The molecule has 1 unspecified atom stereocenters. The maximum atomic E-state index is 12.4. The van der Waals surface area contributed by atoms with E-state index in [1.54, 1.807) is 19.2 Å². The van der Waals surface area contributed by atoms with E-state index in [0.717, 1.165) is 32.4 Å². The number of halogens is 1. The first-order valence-corrected chi connectivity index (χ1v) is 8.49. The maximum Gasteiger partial charge on any atom is 0.321 e. The average molecular weight is 341 g/mol. The van der Waals surface area contributed by atoms with E-state index in [4.69, 9.17) is 21.1 Å². The molecule has 1 aromatic rings. The van der Waals surface area contributed by atoms with Crippen LogP contribution >= 0.6 is 11.6 Å². The van der Waals surface area contributed by atoms with Gasteiger partial charge in [0.15, 0.2) is 0 Å². The number of methoxy groups -OCH3 is 1. The number of nitrogens with one attached hydrogen (secondary N) is 1. The summed E-state index contributed by atoms with van der Waals surface area (Å²) in [6, 6.07) is 5.23. The van der Waals surface area contributed by atoms with Gasteiger partial charge in [0.05, 0.1) is 18.2 Å². The third-order valence-electron chi connectivity index (χ3n) is 3.85. The van der Waals surface area contributed by atoms with E-state index in [1.807, 2.05) is 17.9 Å².